The van der Waals surface area contributed by atoms with Gasteiger partial charge in [0, 0.05) is 6.07 Å². The molecule has 0 fully saturated rings. The van der Waals surface area contributed by atoms with Gasteiger partial charge in [-0.2, -0.15) is 0 Å². The third-order valence-corrected chi connectivity index (χ3v) is 2.35. The second-order valence-corrected chi connectivity index (χ2v) is 3.31. The van der Waals surface area contributed by atoms with Crippen molar-refractivity contribution in [1.29, 1.82) is 0 Å². The molecule has 0 spiro atoms. The van der Waals surface area contributed by atoms with Crippen molar-refractivity contribution in [1.82, 2.24) is 0 Å². The van der Waals surface area contributed by atoms with Gasteiger partial charge in [0.2, 0.25) is 0 Å². The highest BCUT2D eigenvalue weighted by Gasteiger charge is 2.19. The topological polar surface area (TPSA) is 44.8 Å². The average Bonchev–Trinajstić information content (AvgIpc) is 2.74. The maximum Gasteiger partial charge on any atom is 0.315 e. The first-order chi connectivity index (χ1) is 7.74. The molecule has 1 aromatic carbocycles. The smallest absolute Gasteiger partial charge is 0.315 e. The number of carbonyl (C=O) groups is 1. The minimum Gasteiger partial charge on any atom is -0.497 e. The summed E-state index contributed by atoms with van der Waals surface area (Å²) >= 11 is 0. The zero-order chi connectivity index (χ0) is 11.5. The quantitative estimate of drug-likeness (QED) is 0.731. The average molecular weight is 220 g/mol. The second kappa shape index (κ2) is 4.26. The van der Waals surface area contributed by atoms with Gasteiger partial charge in [-0.1, -0.05) is 0 Å². The first-order valence-corrected chi connectivity index (χ1v) is 4.88. The predicted octanol–water partition coefficient (Wildman–Crippen LogP) is 1.99. The normalized spacial score (nSPS) is 14.4. The fourth-order valence-corrected chi connectivity index (χ4v) is 1.55. The van der Waals surface area contributed by atoms with Gasteiger partial charge in [-0.15, -0.1) is 0 Å². The Labute approximate surface area is 93.4 Å². The minimum absolute atomic E-state index is 0.243. The van der Waals surface area contributed by atoms with Crippen LogP contribution in [0.1, 0.15) is 12.0 Å². The Morgan fingerprint density at radius 3 is 2.62 bits per heavy atom. The fraction of sp³-hybridized carbons (Fsp3) is 0.250. The number of methoxy groups -OCH3 is 2. The molecule has 0 N–H and O–H groups in total. The van der Waals surface area contributed by atoms with Crippen molar-refractivity contribution in [3.8, 4) is 11.5 Å². The van der Waals surface area contributed by atoms with Gasteiger partial charge in [-0.25, -0.2) is 0 Å². The van der Waals surface area contributed by atoms with Crippen molar-refractivity contribution < 1.29 is 19.0 Å². The van der Waals surface area contributed by atoms with E-state index in [2.05, 4.69) is 0 Å². The van der Waals surface area contributed by atoms with Crippen LogP contribution in [-0.4, -0.2) is 20.2 Å². The van der Waals surface area contributed by atoms with Crippen LogP contribution < -0.4 is 9.47 Å². The molecule has 0 saturated carbocycles. The third kappa shape index (κ3) is 1.86. The van der Waals surface area contributed by atoms with Crippen molar-refractivity contribution in [3.63, 3.8) is 0 Å². The molecule has 1 aliphatic heterocycles. The van der Waals surface area contributed by atoms with Crippen LogP contribution >= 0.6 is 0 Å². The Morgan fingerprint density at radius 2 is 2.06 bits per heavy atom. The highest BCUT2D eigenvalue weighted by molar-refractivity contribution is 5.86. The lowest BCUT2D eigenvalue weighted by atomic mass is 10.1. The molecule has 16 heavy (non-hydrogen) atoms. The molecule has 0 atom stereocenters. The van der Waals surface area contributed by atoms with Crippen LogP contribution in [0.4, 0.5) is 0 Å². The molecule has 0 radical (unpaired) electrons. The summed E-state index contributed by atoms with van der Waals surface area (Å²) in [7, 11) is 3.15. The molecule has 0 unspecified atom stereocenters. The Bertz CT molecular complexity index is 448. The maximum absolute atomic E-state index is 11.0. The molecule has 0 bridgehead atoms. The second-order valence-electron chi connectivity index (χ2n) is 3.31. The number of carbonyl (C=O) groups excluding carboxylic acids is 1. The first-order valence-electron chi connectivity index (χ1n) is 4.88. The summed E-state index contributed by atoms with van der Waals surface area (Å²) in [6.07, 6.45) is 2.05. The molecule has 84 valence electrons. The number of hydrogen-bond donors (Lipinski definition) is 0. The molecule has 2 rings (SSSR count). The van der Waals surface area contributed by atoms with E-state index in [0.29, 0.717) is 23.7 Å². The van der Waals surface area contributed by atoms with Gasteiger partial charge in [0.25, 0.3) is 0 Å². The molecule has 0 aliphatic carbocycles. The summed E-state index contributed by atoms with van der Waals surface area (Å²) in [5.41, 5.74) is 0.758. The van der Waals surface area contributed by atoms with Crippen molar-refractivity contribution in [2.45, 2.75) is 6.42 Å². The first kappa shape index (κ1) is 10.5. The van der Waals surface area contributed by atoms with E-state index in [1.165, 1.54) is 0 Å². The van der Waals surface area contributed by atoms with E-state index < -0.39 is 0 Å². The molecule has 1 heterocycles. The standard InChI is InChI=1S/C12H12O4/c1-14-8-3-4-9(11(7-8)15-2)10-5-6-12(13)16-10/h3-5,7H,6H2,1-2H3. The summed E-state index contributed by atoms with van der Waals surface area (Å²) in [5, 5.41) is 0. The molecular weight excluding hydrogens is 208 g/mol. The largest absolute Gasteiger partial charge is 0.497 e. The van der Waals surface area contributed by atoms with Gasteiger partial charge in [-0.3, -0.25) is 4.79 Å². The third-order valence-electron chi connectivity index (χ3n) is 2.35. The van der Waals surface area contributed by atoms with Crippen LogP contribution in [0.5, 0.6) is 11.5 Å². The Balaban J connectivity index is 2.37. The zero-order valence-corrected chi connectivity index (χ0v) is 9.15. The van der Waals surface area contributed by atoms with Gasteiger partial charge < -0.3 is 14.2 Å². The summed E-state index contributed by atoms with van der Waals surface area (Å²) in [6, 6.07) is 5.36. The van der Waals surface area contributed by atoms with Crippen LogP contribution in [-0.2, 0) is 9.53 Å². The summed E-state index contributed by atoms with van der Waals surface area (Å²) in [6.45, 7) is 0. The monoisotopic (exact) mass is 220 g/mol. The highest BCUT2D eigenvalue weighted by atomic mass is 16.5. The van der Waals surface area contributed by atoms with E-state index in [1.807, 2.05) is 6.07 Å². The van der Waals surface area contributed by atoms with Crippen LogP contribution in [0.3, 0.4) is 0 Å². The number of cyclic esters (lactones) is 1. The molecule has 1 aromatic rings. The van der Waals surface area contributed by atoms with Crippen molar-refractivity contribution in [2.24, 2.45) is 0 Å². The molecule has 4 heteroatoms. The van der Waals surface area contributed by atoms with Crippen molar-refractivity contribution in [3.05, 3.63) is 29.8 Å². The molecule has 0 saturated heterocycles. The van der Waals surface area contributed by atoms with Gasteiger partial charge in [-0.05, 0) is 18.2 Å². The minimum atomic E-state index is -0.243. The SMILES string of the molecule is COc1ccc(C2=CCC(=O)O2)c(OC)c1. The Kier molecular flexibility index (Phi) is 2.81. The van der Waals surface area contributed by atoms with Crippen molar-refractivity contribution in [2.75, 3.05) is 14.2 Å². The highest BCUT2D eigenvalue weighted by Crippen LogP contribution is 2.33. The number of rotatable bonds is 3. The summed E-state index contributed by atoms with van der Waals surface area (Å²) in [4.78, 5) is 11.0. The van der Waals surface area contributed by atoms with E-state index in [4.69, 9.17) is 14.2 Å². The van der Waals surface area contributed by atoms with E-state index in [9.17, 15) is 4.79 Å². The van der Waals surface area contributed by atoms with Crippen molar-refractivity contribution >= 4 is 11.7 Å². The zero-order valence-electron chi connectivity index (χ0n) is 9.15. The molecule has 0 amide bonds. The Hall–Kier alpha value is -1.97. The van der Waals surface area contributed by atoms with Crippen LogP contribution in [0.2, 0.25) is 0 Å². The molecule has 4 nitrogen and oxygen atoms in total. The Morgan fingerprint density at radius 1 is 1.25 bits per heavy atom. The predicted molar refractivity (Wildman–Crippen MR) is 58.2 cm³/mol. The maximum atomic E-state index is 11.0. The number of ether oxygens (including phenoxy) is 3. The fourth-order valence-electron chi connectivity index (χ4n) is 1.55. The summed E-state index contributed by atoms with van der Waals surface area (Å²) in [5.74, 6) is 1.63. The van der Waals surface area contributed by atoms with Crippen LogP contribution in [0.15, 0.2) is 24.3 Å². The number of hydrogen-bond acceptors (Lipinski definition) is 4. The van der Waals surface area contributed by atoms with Crippen LogP contribution in [0, 0.1) is 0 Å². The van der Waals surface area contributed by atoms with Crippen LogP contribution in [0.25, 0.3) is 5.76 Å². The summed E-state index contributed by atoms with van der Waals surface area (Å²) < 4.78 is 15.4. The number of esters is 1. The van der Waals surface area contributed by atoms with E-state index in [1.54, 1.807) is 32.4 Å². The lowest BCUT2D eigenvalue weighted by Crippen LogP contribution is -1.96. The molecule has 0 aromatic heterocycles. The lowest BCUT2D eigenvalue weighted by molar-refractivity contribution is -0.134. The van der Waals surface area contributed by atoms with Gasteiger partial charge in [0.15, 0.2) is 0 Å². The van der Waals surface area contributed by atoms with Gasteiger partial charge in [0.05, 0.1) is 26.2 Å². The lowest BCUT2D eigenvalue weighted by Gasteiger charge is -2.10. The van der Waals surface area contributed by atoms with E-state index in [0.717, 1.165) is 5.56 Å². The van der Waals surface area contributed by atoms with Gasteiger partial charge in [0.1, 0.15) is 17.3 Å². The molecule has 1 aliphatic rings. The van der Waals surface area contributed by atoms with Gasteiger partial charge >= 0.3 is 5.97 Å². The van der Waals surface area contributed by atoms with E-state index in [-0.39, 0.29) is 5.97 Å². The molecular formula is C12H12O4. The number of benzene rings is 1. The van der Waals surface area contributed by atoms with E-state index >= 15 is 0 Å².